The average Bonchev–Trinajstić information content (AvgIpc) is 2.26. The third kappa shape index (κ3) is 3.60. The van der Waals surface area contributed by atoms with E-state index in [4.69, 9.17) is 4.74 Å². The molecule has 0 aliphatic heterocycles. The molecule has 0 aromatic heterocycles. The van der Waals surface area contributed by atoms with Gasteiger partial charge in [-0.05, 0) is 30.7 Å². The van der Waals surface area contributed by atoms with E-state index in [1.54, 1.807) is 18.9 Å². The van der Waals surface area contributed by atoms with Gasteiger partial charge in [-0.3, -0.25) is 0 Å². The number of aliphatic hydroxyl groups excluding tert-OH is 1. The first-order valence-electron chi connectivity index (χ1n) is 4.71. The number of rotatable bonds is 5. The third-order valence-electron chi connectivity index (χ3n) is 1.97. The second-order valence-corrected chi connectivity index (χ2v) is 4.14. The quantitative estimate of drug-likeness (QED) is 0.761. The molecule has 0 spiro atoms. The summed E-state index contributed by atoms with van der Waals surface area (Å²) in [5.74, 6) is 1.62. The lowest BCUT2D eigenvalue weighted by Gasteiger charge is -2.07. The highest BCUT2D eigenvalue weighted by molar-refractivity contribution is 7.99. The molecule has 0 aliphatic carbocycles. The Morgan fingerprint density at radius 2 is 2.00 bits per heavy atom. The Labute approximate surface area is 89.3 Å². The highest BCUT2D eigenvalue weighted by Crippen LogP contribution is 2.22. The Kier molecular flexibility index (Phi) is 4.84. The minimum atomic E-state index is -0.206. The van der Waals surface area contributed by atoms with Crippen molar-refractivity contribution in [3.8, 4) is 5.75 Å². The van der Waals surface area contributed by atoms with E-state index in [0.717, 1.165) is 17.9 Å². The number of aliphatic hydroxyl groups is 1. The van der Waals surface area contributed by atoms with Crippen LogP contribution in [0, 0.1) is 0 Å². The van der Waals surface area contributed by atoms with Gasteiger partial charge in [0.05, 0.1) is 13.2 Å². The van der Waals surface area contributed by atoms with Gasteiger partial charge < -0.3 is 9.84 Å². The van der Waals surface area contributed by atoms with Crippen molar-refractivity contribution in [1.29, 1.82) is 0 Å². The van der Waals surface area contributed by atoms with Gasteiger partial charge in [-0.15, -0.1) is 11.8 Å². The molecule has 0 heterocycles. The van der Waals surface area contributed by atoms with Crippen LogP contribution in [-0.2, 0) is 0 Å². The average molecular weight is 212 g/mol. The predicted octanol–water partition coefficient (Wildman–Crippen LogP) is 2.56. The van der Waals surface area contributed by atoms with Crippen LogP contribution in [-0.4, -0.2) is 24.1 Å². The fraction of sp³-hybridized carbons (Fsp3) is 0.455. The Hall–Kier alpha value is -0.670. The van der Waals surface area contributed by atoms with E-state index >= 15 is 0 Å². The van der Waals surface area contributed by atoms with Gasteiger partial charge in [-0.2, -0.15) is 0 Å². The molecule has 0 fully saturated rings. The minimum Gasteiger partial charge on any atom is -0.497 e. The maximum atomic E-state index is 9.37. The zero-order valence-corrected chi connectivity index (χ0v) is 9.38. The summed E-state index contributed by atoms with van der Waals surface area (Å²) >= 11 is 1.67. The fourth-order valence-corrected chi connectivity index (χ4v) is 1.93. The van der Waals surface area contributed by atoms with Crippen molar-refractivity contribution in [1.82, 2.24) is 0 Å². The molecule has 1 atom stereocenters. The number of thioether (sulfide) groups is 1. The molecule has 0 amide bonds. The molecule has 1 rings (SSSR count). The van der Waals surface area contributed by atoms with Gasteiger partial charge in [0.25, 0.3) is 0 Å². The SMILES string of the molecule is CCC(O)CSc1ccc(OC)cc1. The first kappa shape index (κ1) is 11.4. The van der Waals surface area contributed by atoms with E-state index in [0.29, 0.717) is 0 Å². The van der Waals surface area contributed by atoms with E-state index in [2.05, 4.69) is 0 Å². The molecular weight excluding hydrogens is 196 g/mol. The van der Waals surface area contributed by atoms with Crippen LogP contribution in [0.15, 0.2) is 29.2 Å². The van der Waals surface area contributed by atoms with Crippen LogP contribution in [0.25, 0.3) is 0 Å². The summed E-state index contributed by atoms with van der Waals surface area (Å²) in [6.07, 6.45) is 0.602. The smallest absolute Gasteiger partial charge is 0.118 e. The van der Waals surface area contributed by atoms with Crippen LogP contribution in [0.4, 0.5) is 0 Å². The summed E-state index contributed by atoms with van der Waals surface area (Å²) in [5.41, 5.74) is 0. The van der Waals surface area contributed by atoms with Gasteiger partial charge in [-0.1, -0.05) is 6.92 Å². The van der Waals surface area contributed by atoms with Crippen LogP contribution >= 0.6 is 11.8 Å². The normalized spacial score (nSPS) is 12.5. The van der Waals surface area contributed by atoms with Crippen LogP contribution < -0.4 is 4.74 Å². The highest BCUT2D eigenvalue weighted by Gasteiger charge is 2.01. The lowest BCUT2D eigenvalue weighted by atomic mass is 10.3. The molecule has 0 radical (unpaired) electrons. The Bertz CT molecular complexity index is 258. The molecule has 14 heavy (non-hydrogen) atoms. The van der Waals surface area contributed by atoms with Crippen molar-refractivity contribution in [2.75, 3.05) is 12.9 Å². The standard InChI is InChI=1S/C11H16O2S/c1-3-9(12)8-14-11-6-4-10(13-2)5-7-11/h4-7,9,12H,3,8H2,1-2H3. The molecule has 1 aromatic carbocycles. The van der Waals surface area contributed by atoms with Gasteiger partial charge in [-0.25, -0.2) is 0 Å². The van der Waals surface area contributed by atoms with Crippen molar-refractivity contribution in [3.05, 3.63) is 24.3 Å². The van der Waals surface area contributed by atoms with Crippen molar-refractivity contribution in [3.63, 3.8) is 0 Å². The summed E-state index contributed by atoms with van der Waals surface area (Å²) in [5, 5.41) is 9.37. The molecule has 0 bridgehead atoms. The molecule has 78 valence electrons. The summed E-state index contributed by atoms with van der Waals surface area (Å²) in [6, 6.07) is 7.87. The number of hydrogen-bond donors (Lipinski definition) is 1. The minimum absolute atomic E-state index is 0.206. The Morgan fingerprint density at radius 1 is 1.36 bits per heavy atom. The van der Waals surface area contributed by atoms with Gasteiger partial charge in [0.15, 0.2) is 0 Å². The van der Waals surface area contributed by atoms with Gasteiger partial charge in [0, 0.05) is 10.6 Å². The molecule has 1 aromatic rings. The van der Waals surface area contributed by atoms with Gasteiger partial charge >= 0.3 is 0 Å². The van der Waals surface area contributed by atoms with Crippen LogP contribution in [0.3, 0.4) is 0 Å². The fourth-order valence-electron chi connectivity index (χ4n) is 0.982. The summed E-state index contributed by atoms with van der Waals surface area (Å²) in [7, 11) is 1.66. The van der Waals surface area contributed by atoms with E-state index in [1.165, 1.54) is 4.90 Å². The highest BCUT2D eigenvalue weighted by atomic mass is 32.2. The van der Waals surface area contributed by atoms with Crippen LogP contribution in [0.1, 0.15) is 13.3 Å². The van der Waals surface area contributed by atoms with Crippen molar-refractivity contribution < 1.29 is 9.84 Å². The first-order chi connectivity index (χ1) is 6.76. The lowest BCUT2D eigenvalue weighted by Crippen LogP contribution is -2.06. The molecular formula is C11H16O2S. The van der Waals surface area contributed by atoms with Crippen LogP contribution in [0.5, 0.6) is 5.75 Å². The first-order valence-corrected chi connectivity index (χ1v) is 5.69. The largest absolute Gasteiger partial charge is 0.497 e. The zero-order valence-electron chi connectivity index (χ0n) is 8.56. The van der Waals surface area contributed by atoms with Gasteiger partial charge in [0.2, 0.25) is 0 Å². The second-order valence-electron chi connectivity index (χ2n) is 3.05. The maximum absolute atomic E-state index is 9.37. The third-order valence-corrected chi connectivity index (χ3v) is 3.13. The molecule has 1 unspecified atom stereocenters. The van der Waals surface area contributed by atoms with E-state index in [9.17, 15) is 5.11 Å². The summed E-state index contributed by atoms with van der Waals surface area (Å²) in [6.45, 7) is 1.99. The lowest BCUT2D eigenvalue weighted by molar-refractivity contribution is 0.195. The molecule has 0 saturated heterocycles. The second kappa shape index (κ2) is 5.94. The van der Waals surface area contributed by atoms with Gasteiger partial charge in [0.1, 0.15) is 5.75 Å². The number of methoxy groups -OCH3 is 1. The van der Waals surface area contributed by atoms with Crippen molar-refractivity contribution in [2.45, 2.75) is 24.3 Å². The van der Waals surface area contributed by atoms with E-state index in [-0.39, 0.29) is 6.10 Å². The number of hydrogen-bond acceptors (Lipinski definition) is 3. The van der Waals surface area contributed by atoms with E-state index in [1.807, 2.05) is 31.2 Å². The molecule has 0 aliphatic rings. The van der Waals surface area contributed by atoms with Crippen molar-refractivity contribution in [2.24, 2.45) is 0 Å². The molecule has 0 saturated carbocycles. The Balaban J connectivity index is 2.43. The topological polar surface area (TPSA) is 29.5 Å². The number of benzene rings is 1. The Morgan fingerprint density at radius 3 is 2.50 bits per heavy atom. The predicted molar refractivity (Wildman–Crippen MR) is 60.0 cm³/mol. The monoisotopic (exact) mass is 212 g/mol. The molecule has 3 heteroatoms. The maximum Gasteiger partial charge on any atom is 0.118 e. The molecule has 2 nitrogen and oxygen atoms in total. The number of ether oxygens (including phenoxy) is 1. The zero-order chi connectivity index (χ0) is 10.4. The van der Waals surface area contributed by atoms with E-state index < -0.39 is 0 Å². The van der Waals surface area contributed by atoms with Crippen LogP contribution in [0.2, 0.25) is 0 Å². The summed E-state index contributed by atoms with van der Waals surface area (Å²) in [4.78, 5) is 1.17. The van der Waals surface area contributed by atoms with Crippen molar-refractivity contribution >= 4 is 11.8 Å². The molecule has 1 N–H and O–H groups in total. The summed E-state index contributed by atoms with van der Waals surface area (Å²) < 4.78 is 5.06.